The van der Waals surface area contributed by atoms with Gasteiger partial charge in [0.15, 0.2) is 0 Å². The van der Waals surface area contributed by atoms with E-state index in [-0.39, 0.29) is 5.91 Å². The molecule has 0 aliphatic carbocycles. The van der Waals surface area contributed by atoms with Gasteiger partial charge in [0.1, 0.15) is 5.69 Å². The average molecular weight is 331 g/mol. The quantitative estimate of drug-likeness (QED) is 0.705. The molecule has 4 heteroatoms. The number of carbonyl (C=O) groups excluding carboxylic acids is 1. The standard InChI is InChI=1S/C21H21N3O/c1-23(16-17-9-5-3-6-10-17)21(25)20-14-13-19(15-22-20)24(2)18-11-7-4-8-12-18/h3-15H,16H2,1-2H3. The van der Waals surface area contributed by atoms with Gasteiger partial charge < -0.3 is 9.80 Å². The molecule has 2 aromatic carbocycles. The maximum Gasteiger partial charge on any atom is 0.272 e. The van der Waals surface area contributed by atoms with Gasteiger partial charge in [-0.25, -0.2) is 4.98 Å². The van der Waals surface area contributed by atoms with Gasteiger partial charge in [0.25, 0.3) is 5.91 Å². The summed E-state index contributed by atoms with van der Waals surface area (Å²) in [6.07, 6.45) is 1.73. The first-order valence-corrected chi connectivity index (χ1v) is 8.19. The Kier molecular flexibility index (Phi) is 5.09. The van der Waals surface area contributed by atoms with Crippen LogP contribution in [0.1, 0.15) is 16.1 Å². The van der Waals surface area contributed by atoms with Crippen molar-refractivity contribution in [1.29, 1.82) is 0 Å². The monoisotopic (exact) mass is 331 g/mol. The second-order valence-corrected chi connectivity index (χ2v) is 5.94. The average Bonchev–Trinajstić information content (AvgIpc) is 2.68. The maximum absolute atomic E-state index is 12.5. The van der Waals surface area contributed by atoms with E-state index in [4.69, 9.17) is 0 Å². The zero-order chi connectivity index (χ0) is 17.6. The number of carbonyl (C=O) groups is 1. The molecule has 3 aromatic rings. The van der Waals surface area contributed by atoms with Crippen LogP contribution in [0.15, 0.2) is 79.0 Å². The molecule has 126 valence electrons. The first-order valence-electron chi connectivity index (χ1n) is 8.19. The molecule has 0 spiro atoms. The van der Waals surface area contributed by atoms with Crippen molar-refractivity contribution in [2.75, 3.05) is 19.0 Å². The second kappa shape index (κ2) is 7.62. The van der Waals surface area contributed by atoms with Gasteiger partial charge in [-0.3, -0.25) is 4.79 Å². The molecule has 0 unspecified atom stereocenters. The summed E-state index contributed by atoms with van der Waals surface area (Å²) in [4.78, 5) is 20.6. The van der Waals surface area contributed by atoms with E-state index >= 15 is 0 Å². The molecule has 0 bridgehead atoms. The smallest absolute Gasteiger partial charge is 0.272 e. The van der Waals surface area contributed by atoms with E-state index in [0.717, 1.165) is 16.9 Å². The topological polar surface area (TPSA) is 36.4 Å². The molecule has 1 heterocycles. The van der Waals surface area contributed by atoms with Crippen molar-refractivity contribution < 1.29 is 4.79 Å². The van der Waals surface area contributed by atoms with E-state index in [0.29, 0.717) is 12.2 Å². The Hall–Kier alpha value is -3.14. The maximum atomic E-state index is 12.5. The lowest BCUT2D eigenvalue weighted by molar-refractivity contribution is 0.0779. The van der Waals surface area contributed by atoms with Crippen LogP contribution in [0.25, 0.3) is 0 Å². The minimum Gasteiger partial charge on any atom is -0.343 e. The van der Waals surface area contributed by atoms with Crippen molar-refractivity contribution in [3.8, 4) is 0 Å². The first kappa shape index (κ1) is 16.7. The fourth-order valence-electron chi connectivity index (χ4n) is 2.64. The van der Waals surface area contributed by atoms with Crippen molar-refractivity contribution in [3.63, 3.8) is 0 Å². The van der Waals surface area contributed by atoms with E-state index in [2.05, 4.69) is 4.98 Å². The number of hydrogen-bond donors (Lipinski definition) is 0. The number of nitrogens with zero attached hydrogens (tertiary/aromatic N) is 3. The second-order valence-electron chi connectivity index (χ2n) is 5.94. The summed E-state index contributed by atoms with van der Waals surface area (Å²) < 4.78 is 0. The number of para-hydroxylation sites is 1. The molecule has 1 aromatic heterocycles. The highest BCUT2D eigenvalue weighted by atomic mass is 16.2. The summed E-state index contributed by atoms with van der Waals surface area (Å²) in [6, 6.07) is 23.7. The van der Waals surface area contributed by atoms with Gasteiger partial charge in [0.2, 0.25) is 0 Å². The van der Waals surface area contributed by atoms with Crippen LogP contribution in [0.4, 0.5) is 11.4 Å². The van der Waals surface area contributed by atoms with Gasteiger partial charge in [-0.05, 0) is 29.8 Å². The first-order chi connectivity index (χ1) is 12.1. The van der Waals surface area contributed by atoms with Gasteiger partial charge in [-0.1, -0.05) is 48.5 Å². The molecular formula is C21H21N3O. The lowest BCUT2D eigenvalue weighted by atomic mass is 10.2. The number of amides is 1. The molecular weight excluding hydrogens is 310 g/mol. The van der Waals surface area contributed by atoms with Crippen LogP contribution in [0.2, 0.25) is 0 Å². The zero-order valence-electron chi connectivity index (χ0n) is 14.5. The summed E-state index contributed by atoms with van der Waals surface area (Å²) in [5.41, 5.74) is 3.56. The van der Waals surface area contributed by atoms with Gasteiger partial charge >= 0.3 is 0 Å². The molecule has 0 aliphatic rings. The Morgan fingerprint density at radius 1 is 0.840 bits per heavy atom. The molecule has 1 amide bonds. The molecule has 0 aliphatic heterocycles. The summed E-state index contributed by atoms with van der Waals surface area (Å²) in [7, 11) is 3.77. The molecule has 0 radical (unpaired) electrons. The Bertz CT molecular complexity index is 817. The SMILES string of the molecule is CN(Cc1ccccc1)C(=O)c1ccc(N(C)c2ccccc2)cn1. The van der Waals surface area contributed by atoms with E-state index in [1.54, 1.807) is 24.2 Å². The zero-order valence-corrected chi connectivity index (χ0v) is 14.5. The van der Waals surface area contributed by atoms with Crippen molar-refractivity contribution in [3.05, 3.63) is 90.3 Å². The molecule has 4 nitrogen and oxygen atoms in total. The number of hydrogen-bond acceptors (Lipinski definition) is 3. The Morgan fingerprint density at radius 2 is 1.48 bits per heavy atom. The molecule has 0 N–H and O–H groups in total. The van der Waals surface area contributed by atoms with Crippen molar-refractivity contribution in [2.24, 2.45) is 0 Å². The van der Waals surface area contributed by atoms with Gasteiger partial charge in [0, 0.05) is 26.3 Å². The van der Waals surface area contributed by atoms with Crippen LogP contribution < -0.4 is 4.90 Å². The van der Waals surface area contributed by atoms with Gasteiger partial charge in [-0.2, -0.15) is 0 Å². The van der Waals surface area contributed by atoms with Crippen LogP contribution in [0.3, 0.4) is 0 Å². The minimum absolute atomic E-state index is 0.0854. The predicted octanol–water partition coefficient (Wildman–Crippen LogP) is 4.12. The van der Waals surface area contributed by atoms with Gasteiger partial charge in [-0.15, -0.1) is 0 Å². The largest absolute Gasteiger partial charge is 0.343 e. The van der Waals surface area contributed by atoms with Crippen molar-refractivity contribution in [1.82, 2.24) is 9.88 Å². The number of anilines is 2. The molecule has 3 rings (SSSR count). The van der Waals surface area contributed by atoms with E-state index < -0.39 is 0 Å². The normalized spacial score (nSPS) is 10.3. The van der Waals surface area contributed by atoms with E-state index in [9.17, 15) is 4.79 Å². The summed E-state index contributed by atoms with van der Waals surface area (Å²) >= 11 is 0. The van der Waals surface area contributed by atoms with Gasteiger partial charge in [0.05, 0.1) is 11.9 Å². The molecule has 0 saturated carbocycles. The highest BCUT2D eigenvalue weighted by Gasteiger charge is 2.14. The molecule has 25 heavy (non-hydrogen) atoms. The van der Waals surface area contributed by atoms with Crippen LogP contribution in [-0.2, 0) is 6.54 Å². The summed E-state index contributed by atoms with van der Waals surface area (Å²) in [5, 5.41) is 0. The summed E-state index contributed by atoms with van der Waals surface area (Å²) in [6.45, 7) is 0.563. The number of rotatable bonds is 5. The van der Waals surface area contributed by atoms with Crippen LogP contribution in [0.5, 0.6) is 0 Å². The lowest BCUT2D eigenvalue weighted by Gasteiger charge is -2.20. The molecule has 0 fully saturated rings. The van der Waals surface area contributed by atoms with E-state index in [1.807, 2.05) is 78.7 Å². The molecule has 0 atom stereocenters. The predicted molar refractivity (Wildman–Crippen MR) is 101 cm³/mol. The third kappa shape index (κ3) is 4.04. The van der Waals surface area contributed by atoms with Crippen LogP contribution in [0, 0.1) is 0 Å². The van der Waals surface area contributed by atoms with E-state index in [1.165, 1.54) is 0 Å². The number of pyridine rings is 1. The van der Waals surface area contributed by atoms with Crippen LogP contribution in [-0.4, -0.2) is 29.9 Å². The Morgan fingerprint density at radius 3 is 2.08 bits per heavy atom. The minimum atomic E-state index is -0.0854. The van der Waals surface area contributed by atoms with Crippen LogP contribution >= 0.6 is 0 Å². The number of benzene rings is 2. The number of aromatic nitrogens is 1. The molecule has 0 saturated heterocycles. The lowest BCUT2D eigenvalue weighted by Crippen LogP contribution is -2.27. The third-order valence-electron chi connectivity index (χ3n) is 4.11. The fourth-order valence-corrected chi connectivity index (χ4v) is 2.64. The van der Waals surface area contributed by atoms with Crippen molar-refractivity contribution in [2.45, 2.75) is 6.54 Å². The highest BCUT2D eigenvalue weighted by molar-refractivity contribution is 5.92. The highest BCUT2D eigenvalue weighted by Crippen LogP contribution is 2.22. The third-order valence-corrected chi connectivity index (χ3v) is 4.11. The Balaban J connectivity index is 1.70. The fraction of sp³-hybridized carbons (Fsp3) is 0.143. The summed E-state index contributed by atoms with van der Waals surface area (Å²) in [5.74, 6) is -0.0854. The Labute approximate surface area is 148 Å². The van der Waals surface area contributed by atoms with Crippen molar-refractivity contribution >= 4 is 17.3 Å².